The summed E-state index contributed by atoms with van der Waals surface area (Å²) in [7, 11) is 0. The number of ether oxygens (including phenoxy) is 2. The molecule has 128 valence electrons. The van der Waals surface area contributed by atoms with Gasteiger partial charge < -0.3 is 14.6 Å². The fraction of sp³-hybridized carbons (Fsp3) is 0.368. The fourth-order valence-corrected chi connectivity index (χ4v) is 2.96. The molecule has 2 aromatic rings. The van der Waals surface area contributed by atoms with Gasteiger partial charge in [-0.3, -0.25) is 4.90 Å². The second kappa shape index (κ2) is 8.49. The molecular formula is C19H22ClNO3. The van der Waals surface area contributed by atoms with Crippen LogP contribution in [0.25, 0.3) is 0 Å². The number of nitrogens with zero attached hydrogens (tertiary/aromatic N) is 1. The molecule has 4 nitrogen and oxygen atoms in total. The number of benzene rings is 2. The van der Waals surface area contributed by atoms with E-state index in [4.69, 9.17) is 26.2 Å². The summed E-state index contributed by atoms with van der Waals surface area (Å²) in [6.45, 7) is 3.75. The lowest BCUT2D eigenvalue weighted by Crippen LogP contribution is -2.37. The average molecular weight is 348 g/mol. The van der Waals surface area contributed by atoms with Crippen molar-refractivity contribution in [2.24, 2.45) is 0 Å². The van der Waals surface area contributed by atoms with Crippen molar-refractivity contribution >= 4 is 11.6 Å². The third kappa shape index (κ3) is 4.71. The van der Waals surface area contributed by atoms with E-state index < -0.39 is 0 Å². The Morgan fingerprint density at radius 1 is 1.12 bits per heavy atom. The zero-order valence-electron chi connectivity index (χ0n) is 13.5. The van der Waals surface area contributed by atoms with Crippen LogP contribution in [-0.2, 0) is 11.3 Å². The Morgan fingerprint density at radius 3 is 2.58 bits per heavy atom. The number of morpholine rings is 1. The standard InChI is InChI=1S/C19H22ClNO3/c20-17-5-3-16(4-6-17)19-14-21(9-11-24-19)13-15-1-7-18(8-2-15)23-12-10-22/h1-8,19,22H,9-14H2/t19-/m1/s1. The number of aliphatic hydroxyl groups is 1. The number of aliphatic hydroxyl groups excluding tert-OH is 1. The Bertz CT molecular complexity index is 630. The molecule has 0 amide bonds. The van der Waals surface area contributed by atoms with Gasteiger partial charge >= 0.3 is 0 Å². The highest BCUT2D eigenvalue weighted by Crippen LogP contribution is 2.25. The lowest BCUT2D eigenvalue weighted by molar-refractivity contribution is -0.0329. The van der Waals surface area contributed by atoms with Crippen LogP contribution < -0.4 is 4.74 Å². The predicted molar refractivity (Wildman–Crippen MR) is 94.4 cm³/mol. The van der Waals surface area contributed by atoms with E-state index in [1.165, 1.54) is 5.56 Å². The summed E-state index contributed by atoms with van der Waals surface area (Å²) in [4.78, 5) is 2.40. The first-order chi connectivity index (χ1) is 11.7. The van der Waals surface area contributed by atoms with Gasteiger partial charge in [0, 0.05) is 24.7 Å². The van der Waals surface area contributed by atoms with E-state index >= 15 is 0 Å². The number of rotatable bonds is 6. The van der Waals surface area contributed by atoms with Crippen LogP contribution in [0.2, 0.25) is 5.02 Å². The van der Waals surface area contributed by atoms with Crippen molar-refractivity contribution in [1.29, 1.82) is 0 Å². The van der Waals surface area contributed by atoms with E-state index in [1.807, 2.05) is 36.4 Å². The van der Waals surface area contributed by atoms with Crippen LogP contribution in [0.3, 0.4) is 0 Å². The Hall–Kier alpha value is -1.59. The van der Waals surface area contributed by atoms with Crippen molar-refractivity contribution < 1.29 is 14.6 Å². The molecule has 0 unspecified atom stereocenters. The van der Waals surface area contributed by atoms with Crippen molar-refractivity contribution in [3.63, 3.8) is 0 Å². The maximum atomic E-state index is 8.78. The van der Waals surface area contributed by atoms with Gasteiger partial charge in [0.15, 0.2) is 0 Å². The van der Waals surface area contributed by atoms with Crippen LogP contribution in [0.15, 0.2) is 48.5 Å². The molecule has 24 heavy (non-hydrogen) atoms. The average Bonchev–Trinajstić information content (AvgIpc) is 2.62. The van der Waals surface area contributed by atoms with Gasteiger partial charge in [-0.25, -0.2) is 0 Å². The zero-order chi connectivity index (χ0) is 16.8. The van der Waals surface area contributed by atoms with Gasteiger partial charge in [-0.2, -0.15) is 0 Å². The molecule has 1 saturated heterocycles. The van der Waals surface area contributed by atoms with E-state index in [0.29, 0.717) is 6.61 Å². The molecule has 0 aromatic heterocycles. The fourth-order valence-electron chi connectivity index (χ4n) is 2.84. The second-order valence-corrected chi connectivity index (χ2v) is 6.30. The summed E-state index contributed by atoms with van der Waals surface area (Å²) < 4.78 is 11.3. The summed E-state index contributed by atoms with van der Waals surface area (Å²) in [6, 6.07) is 15.9. The monoisotopic (exact) mass is 347 g/mol. The van der Waals surface area contributed by atoms with E-state index in [9.17, 15) is 0 Å². The molecule has 3 rings (SSSR count). The van der Waals surface area contributed by atoms with Crippen molar-refractivity contribution in [3.05, 3.63) is 64.7 Å². The summed E-state index contributed by atoms with van der Waals surface area (Å²) in [5.41, 5.74) is 2.40. The van der Waals surface area contributed by atoms with Crippen LogP contribution in [0.4, 0.5) is 0 Å². The quantitative estimate of drug-likeness (QED) is 0.870. The topological polar surface area (TPSA) is 41.9 Å². The highest BCUT2D eigenvalue weighted by molar-refractivity contribution is 6.30. The van der Waals surface area contributed by atoms with Gasteiger partial charge in [-0.1, -0.05) is 35.9 Å². The van der Waals surface area contributed by atoms with Crippen LogP contribution in [0.1, 0.15) is 17.2 Å². The maximum absolute atomic E-state index is 8.78. The summed E-state index contributed by atoms with van der Waals surface area (Å²) in [6.07, 6.45) is 0.0863. The zero-order valence-corrected chi connectivity index (χ0v) is 14.3. The minimum atomic E-state index is 0.0294. The molecule has 1 aliphatic rings. The van der Waals surface area contributed by atoms with Crippen LogP contribution in [0.5, 0.6) is 5.75 Å². The molecule has 0 spiro atoms. The minimum Gasteiger partial charge on any atom is -0.491 e. The van der Waals surface area contributed by atoms with Gasteiger partial charge in [0.25, 0.3) is 0 Å². The second-order valence-electron chi connectivity index (χ2n) is 5.86. The summed E-state index contributed by atoms with van der Waals surface area (Å²) >= 11 is 5.96. The number of halogens is 1. The number of hydrogen-bond acceptors (Lipinski definition) is 4. The van der Waals surface area contributed by atoms with Crippen molar-refractivity contribution in [3.8, 4) is 5.75 Å². The van der Waals surface area contributed by atoms with E-state index in [2.05, 4.69) is 17.0 Å². The van der Waals surface area contributed by atoms with Gasteiger partial charge in [0.2, 0.25) is 0 Å². The molecule has 1 fully saturated rings. The first-order valence-corrected chi connectivity index (χ1v) is 8.54. The van der Waals surface area contributed by atoms with Crippen molar-refractivity contribution in [2.45, 2.75) is 12.6 Å². The van der Waals surface area contributed by atoms with Gasteiger partial charge in [-0.15, -0.1) is 0 Å². The smallest absolute Gasteiger partial charge is 0.119 e. The normalized spacial score (nSPS) is 18.5. The largest absolute Gasteiger partial charge is 0.491 e. The Labute approximate surface area is 147 Å². The van der Waals surface area contributed by atoms with Crippen LogP contribution >= 0.6 is 11.6 Å². The van der Waals surface area contributed by atoms with Gasteiger partial charge in [0.1, 0.15) is 12.4 Å². The molecule has 0 saturated carbocycles. The van der Waals surface area contributed by atoms with Crippen LogP contribution in [-0.4, -0.2) is 42.9 Å². The lowest BCUT2D eigenvalue weighted by Gasteiger charge is -2.33. The molecule has 1 heterocycles. The first-order valence-electron chi connectivity index (χ1n) is 8.16. The number of hydrogen-bond donors (Lipinski definition) is 1. The van der Waals surface area contributed by atoms with Crippen molar-refractivity contribution in [1.82, 2.24) is 4.90 Å². The van der Waals surface area contributed by atoms with Gasteiger partial charge in [-0.05, 0) is 35.4 Å². The maximum Gasteiger partial charge on any atom is 0.119 e. The van der Waals surface area contributed by atoms with E-state index in [1.54, 1.807) is 0 Å². The molecule has 0 aliphatic carbocycles. The molecular weight excluding hydrogens is 326 g/mol. The van der Waals surface area contributed by atoms with E-state index in [-0.39, 0.29) is 12.7 Å². The predicted octanol–water partition coefficient (Wildman–Crippen LogP) is 3.28. The molecule has 1 aliphatic heterocycles. The summed E-state index contributed by atoms with van der Waals surface area (Å²) in [5, 5.41) is 9.53. The van der Waals surface area contributed by atoms with Crippen LogP contribution in [0, 0.1) is 0 Å². The first kappa shape index (κ1) is 17.2. The third-order valence-corrected chi connectivity index (χ3v) is 4.33. The lowest BCUT2D eigenvalue weighted by atomic mass is 10.1. The SMILES string of the molecule is OCCOc1ccc(CN2CCO[C@@H](c3ccc(Cl)cc3)C2)cc1. The Balaban J connectivity index is 1.57. The van der Waals surface area contributed by atoms with Crippen molar-refractivity contribution in [2.75, 3.05) is 32.9 Å². The molecule has 0 bridgehead atoms. The molecule has 5 heteroatoms. The highest BCUT2D eigenvalue weighted by atomic mass is 35.5. The molecule has 1 N–H and O–H groups in total. The minimum absolute atomic E-state index is 0.0294. The third-order valence-electron chi connectivity index (χ3n) is 4.08. The Morgan fingerprint density at radius 2 is 1.88 bits per heavy atom. The Kier molecular flexibility index (Phi) is 6.10. The molecule has 0 radical (unpaired) electrons. The molecule has 1 atom stereocenters. The summed E-state index contributed by atoms with van der Waals surface area (Å²) in [5.74, 6) is 0.786. The van der Waals surface area contributed by atoms with E-state index in [0.717, 1.165) is 42.6 Å². The highest BCUT2D eigenvalue weighted by Gasteiger charge is 2.21. The molecule has 2 aromatic carbocycles. The van der Waals surface area contributed by atoms with Gasteiger partial charge in [0.05, 0.1) is 19.3 Å².